The molecular formula is C17H13ClF3N3O6. The zero-order chi connectivity index (χ0) is 22.3. The lowest BCUT2D eigenvalue weighted by atomic mass is 10.1. The zero-order valence-corrected chi connectivity index (χ0v) is 15.9. The molecule has 0 radical (unpaired) electrons. The fourth-order valence-electron chi connectivity index (χ4n) is 2.69. The molecule has 3 rings (SSSR count). The van der Waals surface area contributed by atoms with E-state index in [1.54, 1.807) is 0 Å². The van der Waals surface area contributed by atoms with Crippen LogP contribution < -0.4 is 4.74 Å². The summed E-state index contributed by atoms with van der Waals surface area (Å²) in [6, 6.07) is 5.88. The number of carbonyl (C=O) groups is 1. The van der Waals surface area contributed by atoms with E-state index in [9.17, 15) is 33.2 Å². The molecule has 0 spiro atoms. The number of furan rings is 1. The average Bonchev–Trinajstić information content (AvgIpc) is 3.24. The number of hydrazone groups is 1. The molecule has 2 aromatic rings. The third-order valence-electron chi connectivity index (χ3n) is 4.14. The van der Waals surface area contributed by atoms with Crippen molar-refractivity contribution in [2.75, 3.05) is 0 Å². The van der Waals surface area contributed by atoms with Gasteiger partial charge >= 0.3 is 12.1 Å². The molecule has 13 heteroatoms. The minimum Gasteiger partial charge on any atom is -0.484 e. The highest BCUT2D eigenvalue weighted by Crippen LogP contribution is 2.41. The second kappa shape index (κ2) is 7.61. The predicted octanol–water partition coefficient (Wildman–Crippen LogP) is 3.89. The molecule has 1 aliphatic rings. The Morgan fingerprint density at radius 3 is 2.77 bits per heavy atom. The summed E-state index contributed by atoms with van der Waals surface area (Å²) >= 11 is 5.91. The third-order valence-corrected chi connectivity index (χ3v) is 4.45. The molecule has 1 aromatic heterocycles. The first kappa shape index (κ1) is 21.6. The van der Waals surface area contributed by atoms with E-state index in [2.05, 4.69) is 5.10 Å². The first-order chi connectivity index (χ1) is 13.9. The van der Waals surface area contributed by atoms with Crippen LogP contribution in [0.2, 0.25) is 5.02 Å². The molecule has 1 aromatic carbocycles. The molecule has 0 bridgehead atoms. The third kappa shape index (κ3) is 3.96. The summed E-state index contributed by atoms with van der Waals surface area (Å²) in [7, 11) is 0. The predicted molar refractivity (Wildman–Crippen MR) is 96.0 cm³/mol. The van der Waals surface area contributed by atoms with Crippen LogP contribution in [0.25, 0.3) is 0 Å². The summed E-state index contributed by atoms with van der Waals surface area (Å²) in [6.07, 6.45) is -6.02. The quantitative estimate of drug-likeness (QED) is 0.548. The topological polar surface area (TPSA) is 118 Å². The Hall–Kier alpha value is -3.12. The van der Waals surface area contributed by atoms with Crippen LogP contribution >= 0.6 is 11.6 Å². The van der Waals surface area contributed by atoms with Crippen LogP contribution in [0.3, 0.4) is 0 Å². The van der Waals surface area contributed by atoms with Gasteiger partial charge in [0.05, 0.1) is 16.0 Å². The fraction of sp³-hybridized carbons (Fsp3) is 0.294. The SMILES string of the molecule is CC1=NN(C(=O)c2ccc(COc3cc([N+](=O)[O-])ccc3Cl)o2)[C@@](O)(C(F)(F)F)C1. The number of hydrogen-bond acceptors (Lipinski definition) is 7. The normalized spacial score (nSPS) is 19.0. The van der Waals surface area contributed by atoms with Crippen LogP contribution in [0.5, 0.6) is 5.75 Å². The van der Waals surface area contributed by atoms with Gasteiger partial charge in [-0.3, -0.25) is 14.9 Å². The molecule has 160 valence electrons. The van der Waals surface area contributed by atoms with Crippen molar-refractivity contribution in [3.63, 3.8) is 0 Å². The molecule has 2 heterocycles. The molecule has 1 aliphatic heterocycles. The number of carbonyl (C=O) groups excluding carboxylic acids is 1. The van der Waals surface area contributed by atoms with Gasteiger partial charge in [0.1, 0.15) is 18.1 Å². The molecule has 0 saturated heterocycles. The molecule has 30 heavy (non-hydrogen) atoms. The summed E-state index contributed by atoms with van der Waals surface area (Å²) in [5, 5.41) is 24.3. The number of ether oxygens (including phenoxy) is 1. The molecule has 1 amide bonds. The molecule has 0 fully saturated rings. The van der Waals surface area contributed by atoms with E-state index in [4.69, 9.17) is 20.8 Å². The molecule has 0 aliphatic carbocycles. The van der Waals surface area contributed by atoms with Gasteiger partial charge in [0.25, 0.3) is 11.4 Å². The minimum absolute atomic E-state index is 0.0244. The molecule has 9 nitrogen and oxygen atoms in total. The van der Waals surface area contributed by atoms with E-state index >= 15 is 0 Å². The maximum absolute atomic E-state index is 13.3. The van der Waals surface area contributed by atoms with Gasteiger partial charge in [-0.25, -0.2) is 0 Å². The summed E-state index contributed by atoms with van der Waals surface area (Å²) in [4.78, 5) is 22.6. The van der Waals surface area contributed by atoms with Crippen molar-refractivity contribution in [1.29, 1.82) is 0 Å². The van der Waals surface area contributed by atoms with Crippen molar-refractivity contribution < 1.29 is 37.1 Å². The Morgan fingerprint density at radius 1 is 1.43 bits per heavy atom. The number of benzene rings is 1. The van der Waals surface area contributed by atoms with Crippen molar-refractivity contribution >= 4 is 28.9 Å². The van der Waals surface area contributed by atoms with Gasteiger partial charge in [-0.15, -0.1) is 0 Å². The first-order valence-corrected chi connectivity index (χ1v) is 8.63. The van der Waals surface area contributed by atoms with Gasteiger partial charge < -0.3 is 14.3 Å². The van der Waals surface area contributed by atoms with Crippen LogP contribution in [-0.4, -0.2) is 38.6 Å². The van der Waals surface area contributed by atoms with Crippen molar-refractivity contribution in [1.82, 2.24) is 5.01 Å². The summed E-state index contributed by atoms with van der Waals surface area (Å²) in [6.45, 7) is 0.925. The highest BCUT2D eigenvalue weighted by Gasteiger charge is 2.63. The average molecular weight is 448 g/mol. The maximum Gasteiger partial charge on any atom is 0.438 e. The maximum atomic E-state index is 13.3. The number of non-ortho nitro benzene ring substituents is 1. The van der Waals surface area contributed by atoms with E-state index in [1.807, 2.05) is 0 Å². The number of nitro groups is 1. The monoisotopic (exact) mass is 447 g/mol. The second-order valence-electron chi connectivity index (χ2n) is 6.37. The molecule has 0 unspecified atom stereocenters. The van der Waals surface area contributed by atoms with Crippen LogP contribution in [0, 0.1) is 10.1 Å². The number of hydrogen-bond donors (Lipinski definition) is 1. The fourth-order valence-corrected chi connectivity index (χ4v) is 2.87. The Labute approximate surface area is 171 Å². The molecule has 1 atom stereocenters. The number of alkyl halides is 3. The van der Waals surface area contributed by atoms with Gasteiger partial charge in [-0.1, -0.05) is 11.6 Å². The Bertz CT molecular complexity index is 1040. The summed E-state index contributed by atoms with van der Waals surface area (Å²) < 4.78 is 50.3. The van der Waals surface area contributed by atoms with Crippen LogP contribution in [0.15, 0.2) is 39.9 Å². The number of halogens is 4. The lowest BCUT2D eigenvalue weighted by Crippen LogP contribution is -2.56. The highest BCUT2D eigenvalue weighted by molar-refractivity contribution is 6.32. The highest BCUT2D eigenvalue weighted by atomic mass is 35.5. The van der Waals surface area contributed by atoms with Crippen molar-refractivity contribution in [2.24, 2.45) is 5.10 Å². The van der Waals surface area contributed by atoms with E-state index < -0.39 is 34.9 Å². The van der Waals surface area contributed by atoms with Crippen molar-refractivity contribution in [2.45, 2.75) is 31.9 Å². The number of amides is 1. The Balaban J connectivity index is 1.76. The molecular weight excluding hydrogens is 435 g/mol. The van der Waals surface area contributed by atoms with Gasteiger partial charge in [-0.05, 0) is 25.1 Å². The second-order valence-corrected chi connectivity index (χ2v) is 6.78. The molecule has 0 saturated carbocycles. The summed E-state index contributed by atoms with van der Waals surface area (Å²) in [5.74, 6) is -1.82. The Morgan fingerprint density at radius 2 is 2.13 bits per heavy atom. The lowest BCUT2D eigenvalue weighted by molar-refractivity contribution is -0.384. The van der Waals surface area contributed by atoms with E-state index in [0.29, 0.717) is 0 Å². The number of aliphatic hydroxyl groups is 1. The number of rotatable bonds is 5. The molecule has 1 N–H and O–H groups in total. The van der Waals surface area contributed by atoms with E-state index in [1.165, 1.54) is 25.1 Å². The minimum atomic E-state index is -5.14. The van der Waals surface area contributed by atoms with Gasteiger partial charge in [-0.2, -0.15) is 23.3 Å². The standard InChI is InChI=1S/C17H13ClF3N3O6/c1-9-7-16(26,17(19,20)21)23(22-9)15(25)13-5-3-11(30-13)8-29-14-6-10(24(27)28)2-4-12(14)18/h2-6,26H,7-8H2,1H3/t16-/m0/s1. The largest absolute Gasteiger partial charge is 0.484 e. The van der Waals surface area contributed by atoms with Crippen LogP contribution in [0.1, 0.15) is 29.7 Å². The van der Waals surface area contributed by atoms with Crippen LogP contribution in [0.4, 0.5) is 18.9 Å². The van der Waals surface area contributed by atoms with Crippen LogP contribution in [-0.2, 0) is 6.61 Å². The smallest absolute Gasteiger partial charge is 0.438 e. The van der Waals surface area contributed by atoms with Gasteiger partial charge in [0.15, 0.2) is 5.76 Å². The van der Waals surface area contributed by atoms with Gasteiger partial charge in [0.2, 0.25) is 0 Å². The lowest BCUT2D eigenvalue weighted by Gasteiger charge is -2.32. The first-order valence-electron chi connectivity index (χ1n) is 8.25. The zero-order valence-electron chi connectivity index (χ0n) is 15.1. The van der Waals surface area contributed by atoms with Crippen molar-refractivity contribution in [3.8, 4) is 5.75 Å². The van der Waals surface area contributed by atoms with E-state index in [-0.39, 0.29) is 39.5 Å². The van der Waals surface area contributed by atoms with Gasteiger partial charge in [0, 0.05) is 18.2 Å². The van der Waals surface area contributed by atoms with Crippen molar-refractivity contribution in [3.05, 3.63) is 57.0 Å². The van der Waals surface area contributed by atoms with E-state index in [0.717, 1.165) is 12.1 Å². The summed E-state index contributed by atoms with van der Waals surface area (Å²) in [5.41, 5.74) is -3.83. The number of nitro benzene ring substituents is 1. The number of nitrogens with zero attached hydrogens (tertiary/aromatic N) is 3. The Kier molecular flexibility index (Phi) is 5.48.